The fourth-order valence-corrected chi connectivity index (χ4v) is 2.67. The van der Waals surface area contributed by atoms with E-state index in [1.807, 2.05) is 41.3 Å². The fraction of sp³-hybridized carbons (Fsp3) is 0.267. The number of nitrogens with one attached hydrogen (secondary N) is 1. The molecular weight excluding hydrogens is 286 g/mol. The van der Waals surface area contributed by atoms with Gasteiger partial charge in [-0.05, 0) is 37.1 Å². The lowest BCUT2D eigenvalue weighted by atomic mass is 10.2. The summed E-state index contributed by atoms with van der Waals surface area (Å²) in [6, 6.07) is 7.49. The zero-order valence-electron chi connectivity index (χ0n) is 11.3. The molecule has 0 unspecified atom stereocenters. The van der Waals surface area contributed by atoms with Gasteiger partial charge < -0.3 is 5.32 Å². The Morgan fingerprint density at radius 3 is 2.95 bits per heavy atom. The van der Waals surface area contributed by atoms with Crippen LogP contribution >= 0.6 is 11.6 Å². The third-order valence-corrected chi connectivity index (χ3v) is 4.16. The van der Waals surface area contributed by atoms with E-state index in [2.05, 4.69) is 20.4 Å². The van der Waals surface area contributed by atoms with E-state index < -0.39 is 0 Å². The Kier molecular flexibility index (Phi) is 2.82. The average molecular weight is 300 g/mol. The number of rotatable bonds is 4. The molecule has 1 aliphatic carbocycles. The molecule has 0 bridgehead atoms. The highest BCUT2D eigenvalue weighted by Gasteiger charge is 2.45. The molecule has 0 amide bonds. The largest absolute Gasteiger partial charge is 0.366 e. The van der Waals surface area contributed by atoms with Gasteiger partial charge in [-0.2, -0.15) is 5.10 Å². The van der Waals surface area contributed by atoms with Gasteiger partial charge in [-0.3, -0.25) is 9.67 Å². The summed E-state index contributed by atoms with van der Waals surface area (Å²) in [6.07, 6.45) is 7.86. The lowest BCUT2D eigenvalue weighted by Crippen LogP contribution is -2.27. The third-order valence-electron chi connectivity index (χ3n) is 3.92. The minimum Gasteiger partial charge on any atom is -0.366 e. The number of nitrogens with zero attached hydrogens (tertiary/aromatic N) is 4. The summed E-state index contributed by atoms with van der Waals surface area (Å²) >= 11 is 5.95. The van der Waals surface area contributed by atoms with Gasteiger partial charge in [0, 0.05) is 24.0 Å². The summed E-state index contributed by atoms with van der Waals surface area (Å²) in [5, 5.41) is 8.40. The number of halogens is 1. The van der Waals surface area contributed by atoms with Gasteiger partial charge in [0.25, 0.3) is 0 Å². The topological polar surface area (TPSA) is 55.6 Å². The van der Waals surface area contributed by atoms with E-state index in [-0.39, 0.29) is 5.54 Å². The van der Waals surface area contributed by atoms with Crippen molar-refractivity contribution in [3.63, 3.8) is 0 Å². The maximum Gasteiger partial charge on any atom is 0.145 e. The molecule has 1 aromatic carbocycles. The maximum atomic E-state index is 5.95. The highest BCUT2D eigenvalue weighted by molar-refractivity contribution is 6.31. The van der Waals surface area contributed by atoms with E-state index in [0.29, 0.717) is 5.02 Å². The quantitative estimate of drug-likeness (QED) is 0.804. The molecule has 6 heteroatoms. The molecule has 1 N–H and O–H groups in total. The number of hydrogen-bond acceptors (Lipinski definition) is 4. The normalized spacial score (nSPS) is 16.0. The van der Waals surface area contributed by atoms with Gasteiger partial charge in [-0.1, -0.05) is 11.6 Å². The van der Waals surface area contributed by atoms with E-state index in [1.165, 1.54) is 0 Å². The Bertz CT molecular complexity index is 780. The highest BCUT2D eigenvalue weighted by Crippen LogP contribution is 2.42. The van der Waals surface area contributed by atoms with Crippen molar-refractivity contribution < 1.29 is 0 Å². The lowest BCUT2D eigenvalue weighted by Gasteiger charge is -2.17. The van der Waals surface area contributed by atoms with Crippen LogP contribution in [0.1, 0.15) is 12.8 Å². The van der Waals surface area contributed by atoms with E-state index in [1.54, 1.807) is 6.20 Å². The van der Waals surface area contributed by atoms with Crippen LogP contribution in [0.25, 0.3) is 11.0 Å². The molecule has 106 valence electrons. The summed E-state index contributed by atoms with van der Waals surface area (Å²) in [5.41, 5.74) is 1.75. The molecule has 1 saturated carbocycles. The second kappa shape index (κ2) is 4.70. The van der Waals surface area contributed by atoms with Gasteiger partial charge in [-0.15, -0.1) is 0 Å². The van der Waals surface area contributed by atoms with Crippen LogP contribution in [0.5, 0.6) is 0 Å². The number of aromatic nitrogens is 4. The van der Waals surface area contributed by atoms with Crippen molar-refractivity contribution in [3.8, 4) is 0 Å². The predicted octanol–water partition coefficient (Wildman–Crippen LogP) is 3.08. The third kappa shape index (κ3) is 2.34. The Hall–Kier alpha value is -2.14. The first-order valence-corrected chi connectivity index (χ1v) is 7.29. The first-order chi connectivity index (χ1) is 10.3. The second-order valence-electron chi connectivity index (χ2n) is 5.42. The summed E-state index contributed by atoms with van der Waals surface area (Å²) in [4.78, 5) is 8.96. The molecule has 0 radical (unpaired) electrons. The number of hydrogen-bond donors (Lipinski definition) is 1. The lowest BCUT2D eigenvalue weighted by molar-refractivity contribution is 0.453. The number of fused-ring (bicyclic) bond motifs is 1. The van der Waals surface area contributed by atoms with Crippen molar-refractivity contribution >= 4 is 28.5 Å². The Morgan fingerprint density at radius 1 is 1.29 bits per heavy atom. The molecule has 0 spiro atoms. The second-order valence-corrected chi connectivity index (χ2v) is 5.85. The first kappa shape index (κ1) is 12.6. The Balaban J connectivity index is 1.54. The molecule has 1 fully saturated rings. The number of benzene rings is 1. The standard InChI is InChI=1S/C15H14ClN5/c16-11-2-3-12-13(8-11)17-9-14(20-12)18-10-15(4-5-15)21-7-1-6-19-21/h1-3,6-9H,4-5,10H2,(H,18,20). The molecule has 21 heavy (non-hydrogen) atoms. The Morgan fingerprint density at radius 2 is 2.19 bits per heavy atom. The minimum atomic E-state index is 0.0974. The van der Waals surface area contributed by atoms with Gasteiger partial charge >= 0.3 is 0 Å². The van der Waals surface area contributed by atoms with Crippen LogP contribution in [0.15, 0.2) is 42.9 Å². The van der Waals surface area contributed by atoms with Crippen molar-refractivity contribution in [2.75, 3.05) is 11.9 Å². The Labute approximate surface area is 127 Å². The van der Waals surface area contributed by atoms with Gasteiger partial charge in [0.1, 0.15) is 5.82 Å². The van der Waals surface area contributed by atoms with E-state index >= 15 is 0 Å². The van der Waals surface area contributed by atoms with Gasteiger partial charge in [0.2, 0.25) is 0 Å². The van der Waals surface area contributed by atoms with Crippen LogP contribution in [0.4, 0.5) is 5.82 Å². The molecule has 2 aromatic heterocycles. The number of anilines is 1. The van der Waals surface area contributed by atoms with Crippen LogP contribution in [0, 0.1) is 0 Å². The molecule has 4 rings (SSSR count). The van der Waals surface area contributed by atoms with Crippen LogP contribution < -0.4 is 5.32 Å². The van der Waals surface area contributed by atoms with Crippen molar-refractivity contribution in [3.05, 3.63) is 47.9 Å². The molecule has 0 aliphatic heterocycles. The van der Waals surface area contributed by atoms with Crippen molar-refractivity contribution in [2.24, 2.45) is 0 Å². The SMILES string of the molecule is Clc1ccc2nc(NCC3(n4cccn4)CC3)cnc2c1. The molecule has 5 nitrogen and oxygen atoms in total. The van der Waals surface area contributed by atoms with E-state index in [4.69, 9.17) is 11.6 Å². The molecular formula is C15H14ClN5. The van der Waals surface area contributed by atoms with Gasteiger partial charge in [-0.25, -0.2) is 4.98 Å². The smallest absolute Gasteiger partial charge is 0.145 e. The van der Waals surface area contributed by atoms with Crippen molar-refractivity contribution in [2.45, 2.75) is 18.4 Å². The maximum absolute atomic E-state index is 5.95. The summed E-state index contributed by atoms with van der Waals surface area (Å²) in [6.45, 7) is 0.808. The minimum absolute atomic E-state index is 0.0974. The molecule has 2 heterocycles. The van der Waals surface area contributed by atoms with Gasteiger partial charge in [0.05, 0.1) is 22.8 Å². The van der Waals surface area contributed by atoms with Crippen LogP contribution in [-0.2, 0) is 5.54 Å². The van der Waals surface area contributed by atoms with Crippen LogP contribution in [-0.4, -0.2) is 26.3 Å². The van der Waals surface area contributed by atoms with Crippen LogP contribution in [0.3, 0.4) is 0 Å². The van der Waals surface area contributed by atoms with Gasteiger partial charge in [0.15, 0.2) is 0 Å². The van der Waals surface area contributed by atoms with Crippen LogP contribution in [0.2, 0.25) is 5.02 Å². The fourth-order valence-electron chi connectivity index (χ4n) is 2.50. The molecule has 3 aromatic rings. The van der Waals surface area contributed by atoms with Crippen molar-refractivity contribution in [1.29, 1.82) is 0 Å². The zero-order valence-corrected chi connectivity index (χ0v) is 12.1. The first-order valence-electron chi connectivity index (χ1n) is 6.92. The molecule has 1 aliphatic rings. The predicted molar refractivity (Wildman–Crippen MR) is 82.5 cm³/mol. The zero-order chi connectivity index (χ0) is 14.3. The average Bonchev–Trinajstić information content (AvgIpc) is 3.08. The molecule has 0 atom stereocenters. The summed E-state index contributed by atoms with van der Waals surface area (Å²) < 4.78 is 2.04. The van der Waals surface area contributed by atoms with Crippen molar-refractivity contribution in [1.82, 2.24) is 19.7 Å². The monoisotopic (exact) mass is 299 g/mol. The van der Waals surface area contributed by atoms with E-state index in [0.717, 1.165) is 36.2 Å². The highest BCUT2D eigenvalue weighted by atomic mass is 35.5. The molecule has 0 saturated heterocycles. The summed E-state index contributed by atoms with van der Waals surface area (Å²) in [5.74, 6) is 0.781. The summed E-state index contributed by atoms with van der Waals surface area (Å²) in [7, 11) is 0. The van der Waals surface area contributed by atoms with E-state index in [9.17, 15) is 0 Å².